The first kappa shape index (κ1) is 22.0. The molecule has 1 aromatic heterocycles. The molecule has 2 amide bonds. The summed E-state index contributed by atoms with van der Waals surface area (Å²) < 4.78 is 0. The number of nitrogens with one attached hydrogen (secondary N) is 1. The van der Waals surface area contributed by atoms with Crippen molar-refractivity contribution < 1.29 is 19.5 Å². The van der Waals surface area contributed by atoms with Gasteiger partial charge < -0.3 is 10.4 Å². The predicted molar refractivity (Wildman–Crippen MR) is 134 cm³/mol. The van der Waals surface area contributed by atoms with Gasteiger partial charge in [-0.05, 0) is 40.6 Å². The van der Waals surface area contributed by atoms with E-state index in [0.717, 1.165) is 10.8 Å². The van der Waals surface area contributed by atoms with Gasteiger partial charge in [0.05, 0.1) is 11.6 Å². The Bertz CT molecular complexity index is 1510. The number of anilines is 2. The van der Waals surface area contributed by atoms with Gasteiger partial charge in [0, 0.05) is 36.3 Å². The van der Waals surface area contributed by atoms with E-state index in [-0.39, 0.29) is 17.2 Å². The monoisotopic (exact) mass is 463 g/mol. The van der Waals surface area contributed by atoms with Crippen LogP contribution in [0.2, 0.25) is 0 Å². The van der Waals surface area contributed by atoms with Gasteiger partial charge in [0.25, 0.3) is 11.7 Å². The van der Waals surface area contributed by atoms with Crippen LogP contribution < -0.4 is 10.2 Å². The maximum absolute atomic E-state index is 13.4. The highest BCUT2D eigenvalue weighted by Crippen LogP contribution is 2.43. The minimum absolute atomic E-state index is 0.0238. The first-order chi connectivity index (χ1) is 17.0. The summed E-state index contributed by atoms with van der Waals surface area (Å²) in [5.74, 6) is -2.09. The molecule has 7 nitrogen and oxygen atoms in total. The maximum atomic E-state index is 13.4. The van der Waals surface area contributed by atoms with Crippen LogP contribution in [0.5, 0.6) is 0 Å². The van der Waals surface area contributed by atoms with Gasteiger partial charge in [-0.2, -0.15) is 0 Å². The van der Waals surface area contributed by atoms with Crippen molar-refractivity contribution in [2.45, 2.75) is 13.0 Å². The van der Waals surface area contributed by atoms with Crippen LogP contribution in [0.3, 0.4) is 0 Å². The lowest BCUT2D eigenvalue weighted by Gasteiger charge is -2.25. The molecular formula is C28H21N3O4. The summed E-state index contributed by atoms with van der Waals surface area (Å²) in [6.45, 7) is 1.39. The number of amides is 2. The lowest BCUT2D eigenvalue weighted by molar-refractivity contribution is -0.132. The summed E-state index contributed by atoms with van der Waals surface area (Å²) in [6, 6.07) is 22.2. The molecule has 1 saturated heterocycles. The Balaban J connectivity index is 1.73. The lowest BCUT2D eigenvalue weighted by atomic mass is 9.94. The predicted octanol–water partition coefficient (Wildman–Crippen LogP) is 4.82. The summed E-state index contributed by atoms with van der Waals surface area (Å²) in [5.41, 5.74) is 1.89. The first-order valence-electron chi connectivity index (χ1n) is 11.0. The molecule has 1 aliphatic rings. The van der Waals surface area contributed by atoms with E-state index >= 15 is 0 Å². The topological polar surface area (TPSA) is 99.6 Å². The second-order valence-electron chi connectivity index (χ2n) is 8.21. The fourth-order valence-electron chi connectivity index (χ4n) is 4.47. The third kappa shape index (κ3) is 3.93. The van der Waals surface area contributed by atoms with Crippen LogP contribution in [-0.2, 0) is 14.4 Å². The largest absolute Gasteiger partial charge is 0.507 e. The number of hydrogen-bond acceptors (Lipinski definition) is 5. The third-order valence-corrected chi connectivity index (χ3v) is 5.93. The normalized spacial score (nSPS) is 17.1. The van der Waals surface area contributed by atoms with E-state index < -0.39 is 17.7 Å². The van der Waals surface area contributed by atoms with E-state index in [9.17, 15) is 19.5 Å². The second kappa shape index (κ2) is 8.87. The van der Waals surface area contributed by atoms with Gasteiger partial charge in [-0.3, -0.25) is 24.3 Å². The van der Waals surface area contributed by atoms with Crippen molar-refractivity contribution in [3.63, 3.8) is 0 Å². The highest BCUT2D eigenvalue weighted by molar-refractivity contribution is 6.51. The van der Waals surface area contributed by atoms with Crippen molar-refractivity contribution in [3.05, 3.63) is 108 Å². The number of ketones is 1. The lowest BCUT2D eigenvalue weighted by Crippen LogP contribution is -2.29. The van der Waals surface area contributed by atoms with E-state index in [4.69, 9.17) is 0 Å². The van der Waals surface area contributed by atoms with E-state index in [1.54, 1.807) is 60.9 Å². The molecule has 1 atom stereocenters. The van der Waals surface area contributed by atoms with E-state index in [0.29, 0.717) is 22.5 Å². The molecule has 172 valence electrons. The number of carbonyl (C=O) groups excluding carboxylic acids is 3. The molecule has 1 fully saturated rings. The van der Waals surface area contributed by atoms with Crippen molar-refractivity contribution in [2.75, 3.05) is 10.2 Å². The highest BCUT2D eigenvalue weighted by atomic mass is 16.3. The molecule has 3 aromatic carbocycles. The van der Waals surface area contributed by atoms with Crippen LogP contribution >= 0.6 is 0 Å². The molecular weight excluding hydrogens is 442 g/mol. The Morgan fingerprint density at radius 1 is 0.971 bits per heavy atom. The fraction of sp³-hybridized carbons (Fsp3) is 0.0714. The maximum Gasteiger partial charge on any atom is 0.300 e. The van der Waals surface area contributed by atoms with Gasteiger partial charge >= 0.3 is 0 Å². The van der Waals surface area contributed by atoms with Crippen molar-refractivity contribution in [1.29, 1.82) is 0 Å². The van der Waals surface area contributed by atoms with Crippen LogP contribution in [-0.4, -0.2) is 27.7 Å². The SMILES string of the molecule is CC(=O)Nc1cccc(N2C(=O)C(=O)/C(=C(\O)c3cccc4ccccc34)C2c2cccnc2)c1. The van der Waals surface area contributed by atoms with Gasteiger partial charge in [-0.15, -0.1) is 0 Å². The standard InChI is InChI=1S/C28H21N3O4/c1-17(32)30-20-10-5-11-21(15-20)31-25(19-9-6-14-29-16-19)24(27(34)28(31)35)26(33)23-13-4-8-18-7-2-3-12-22(18)23/h2-16,25,33H,1H3,(H,30,32)/b26-24-. The number of aliphatic hydroxyl groups is 1. The fourth-order valence-corrected chi connectivity index (χ4v) is 4.47. The molecule has 4 aromatic rings. The average molecular weight is 463 g/mol. The average Bonchev–Trinajstić information content (AvgIpc) is 3.14. The minimum atomic E-state index is -0.907. The molecule has 0 aliphatic carbocycles. The molecule has 7 heteroatoms. The van der Waals surface area contributed by atoms with Gasteiger partial charge in [-0.1, -0.05) is 54.6 Å². The zero-order valence-electron chi connectivity index (χ0n) is 18.8. The van der Waals surface area contributed by atoms with Gasteiger partial charge in [0.1, 0.15) is 5.76 Å². The number of aliphatic hydroxyl groups excluding tert-OH is 1. The summed E-state index contributed by atoms with van der Waals surface area (Å²) in [4.78, 5) is 43.8. The van der Waals surface area contributed by atoms with E-state index in [1.807, 2.05) is 30.3 Å². The van der Waals surface area contributed by atoms with Crippen molar-refractivity contribution in [3.8, 4) is 0 Å². The molecule has 35 heavy (non-hydrogen) atoms. The number of carbonyl (C=O) groups is 3. The highest BCUT2D eigenvalue weighted by Gasteiger charge is 2.47. The van der Waals surface area contributed by atoms with Crippen LogP contribution in [0.4, 0.5) is 11.4 Å². The Morgan fingerprint density at radius 3 is 2.51 bits per heavy atom. The van der Waals surface area contributed by atoms with Crippen molar-refractivity contribution >= 4 is 45.5 Å². The summed E-state index contributed by atoms with van der Waals surface area (Å²) >= 11 is 0. The number of fused-ring (bicyclic) bond motifs is 1. The Kier molecular flexibility index (Phi) is 5.58. The molecule has 1 aliphatic heterocycles. The minimum Gasteiger partial charge on any atom is -0.507 e. The number of Topliss-reactive ketones (excluding diaryl/α,β-unsaturated/α-hetero) is 1. The Hall–Kier alpha value is -4.78. The molecule has 5 rings (SSSR count). The molecule has 0 bridgehead atoms. The number of rotatable bonds is 4. The zero-order chi connectivity index (χ0) is 24.5. The Morgan fingerprint density at radius 2 is 1.74 bits per heavy atom. The smallest absolute Gasteiger partial charge is 0.300 e. The number of hydrogen-bond donors (Lipinski definition) is 2. The summed E-state index contributed by atoms with van der Waals surface area (Å²) in [7, 11) is 0. The van der Waals surface area contributed by atoms with Crippen LogP contribution in [0.1, 0.15) is 24.1 Å². The van der Waals surface area contributed by atoms with Crippen LogP contribution in [0.15, 0.2) is 96.8 Å². The van der Waals surface area contributed by atoms with Crippen molar-refractivity contribution in [2.24, 2.45) is 0 Å². The molecule has 0 spiro atoms. The molecule has 1 unspecified atom stereocenters. The number of nitrogens with zero attached hydrogens (tertiary/aromatic N) is 2. The van der Waals surface area contributed by atoms with E-state index in [2.05, 4.69) is 10.3 Å². The number of benzene rings is 3. The number of pyridine rings is 1. The van der Waals surface area contributed by atoms with Gasteiger partial charge in [0.15, 0.2) is 0 Å². The van der Waals surface area contributed by atoms with Crippen LogP contribution in [0.25, 0.3) is 16.5 Å². The molecule has 2 heterocycles. The number of aromatic nitrogens is 1. The second-order valence-corrected chi connectivity index (χ2v) is 8.21. The first-order valence-corrected chi connectivity index (χ1v) is 11.0. The van der Waals surface area contributed by atoms with Gasteiger partial charge in [0.2, 0.25) is 5.91 Å². The summed E-state index contributed by atoms with van der Waals surface area (Å²) in [6.07, 6.45) is 3.16. The molecule has 2 N–H and O–H groups in total. The zero-order valence-corrected chi connectivity index (χ0v) is 18.8. The van der Waals surface area contributed by atoms with Crippen LogP contribution in [0, 0.1) is 0 Å². The summed E-state index contributed by atoms with van der Waals surface area (Å²) in [5, 5.41) is 15.8. The molecule has 0 radical (unpaired) electrons. The third-order valence-electron chi connectivity index (χ3n) is 5.93. The quantitative estimate of drug-likeness (QED) is 0.257. The van der Waals surface area contributed by atoms with Gasteiger partial charge in [-0.25, -0.2) is 0 Å². The Labute approximate surface area is 201 Å². The van der Waals surface area contributed by atoms with Crippen molar-refractivity contribution in [1.82, 2.24) is 4.98 Å². The van der Waals surface area contributed by atoms with E-state index in [1.165, 1.54) is 11.8 Å². The molecule has 0 saturated carbocycles.